The van der Waals surface area contributed by atoms with Crippen molar-refractivity contribution in [3.8, 4) is 11.1 Å². The van der Waals surface area contributed by atoms with Crippen LogP contribution in [-0.4, -0.2) is 30.4 Å². The first-order valence-electron chi connectivity index (χ1n) is 15.2. The molecule has 1 saturated heterocycles. The van der Waals surface area contributed by atoms with E-state index in [9.17, 15) is 13.5 Å². The highest BCUT2D eigenvalue weighted by Gasteiger charge is 2.38. The number of pyridine rings is 1. The third-order valence-electron chi connectivity index (χ3n) is 8.17. The zero-order valence-corrected chi connectivity index (χ0v) is 27.0. The van der Waals surface area contributed by atoms with Gasteiger partial charge in [-0.25, -0.2) is 18.1 Å². The van der Waals surface area contributed by atoms with Crippen LogP contribution in [0.3, 0.4) is 0 Å². The van der Waals surface area contributed by atoms with E-state index in [-0.39, 0.29) is 36.2 Å². The summed E-state index contributed by atoms with van der Waals surface area (Å²) < 4.78 is 41.7. The second-order valence-electron chi connectivity index (χ2n) is 11.2. The van der Waals surface area contributed by atoms with Gasteiger partial charge in [0.15, 0.2) is 6.29 Å². The SMILES string of the molecule is CC1C(CSc2ccccn2)OC(c2ccc(-c3ccccc3CNS(=O)(=O)c3ccccc3)cc2)OC1c1ccc(CO)cc1. The maximum atomic E-state index is 12.9. The monoisotopic (exact) mass is 652 g/mol. The van der Waals surface area contributed by atoms with Crippen molar-refractivity contribution < 1.29 is 23.0 Å². The smallest absolute Gasteiger partial charge is 0.240 e. The summed E-state index contributed by atoms with van der Waals surface area (Å²) in [7, 11) is -3.64. The standard InChI is InChI=1S/C37H36N2O5S2/c1-26-34(25-45-35-13-7-8-22-38-35)43-37(44-36(26)29-16-14-27(24-40)15-17-29)30-20-18-28(19-21-30)33-12-6-5-9-31(33)23-39-46(41,42)32-10-3-2-4-11-32/h2-22,26,34,36-37,39-40H,23-25H2,1H3. The van der Waals surface area contributed by atoms with E-state index < -0.39 is 16.3 Å². The molecule has 7 nitrogen and oxygen atoms in total. The summed E-state index contributed by atoms with van der Waals surface area (Å²) in [6, 6.07) is 38.0. The van der Waals surface area contributed by atoms with Gasteiger partial charge in [-0.2, -0.15) is 0 Å². The second kappa shape index (κ2) is 14.7. The van der Waals surface area contributed by atoms with E-state index in [1.165, 1.54) is 0 Å². The summed E-state index contributed by atoms with van der Waals surface area (Å²) in [4.78, 5) is 4.70. The molecule has 5 aromatic rings. The maximum absolute atomic E-state index is 12.9. The molecule has 2 N–H and O–H groups in total. The average Bonchev–Trinajstić information content (AvgIpc) is 3.11. The number of nitrogens with one attached hydrogen (secondary N) is 1. The molecule has 236 valence electrons. The van der Waals surface area contributed by atoms with Crippen molar-refractivity contribution in [2.45, 2.75) is 48.5 Å². The molecule has 1 aromatic heterocycles. The zero-order valence-electron chi connectivity index (χ0n) is 25.4. The van der Waals surface area contributed by atoms with Crippen LogP contribution in [0.15, 0.2) is 137 Å². The molecule has 0 bridgehead atoms. The second-order valence-corrected chi connectivity index (χ2v) is 14.0. The highest BCUT2D eigenvalue weighted by Crippen LogP contribution is 2.43. The quantitative estimate of drug-likeness (QED) is 0.145. The van der Waals surface area contributed by atoms with Gasteiger partial charge in [0.05, 0.1) is 28.7 Å². The van der Waals surface area contributed by atoms with E-state index in [1.54, 1.807) is 48.3 Å². The molecular weight excluding hydrogens is 617 g/mol. The number of hydrogen-bond acceptors (Lipinski definition) is 7. The van der Waals surface area contributed by atoms with Gasteiger partial charge in [-0.05, 0) is 52.1 Å². The molecule has 4 atom stereocenters. The minimum atomic E-state index is -3.64. The first kappa shape index (κ1) is 32.1. The van der Waals surface area contributed by atoms with E-state index in [0.717, 1.165) is 38.4 Å². The summed E-state index contributed by atoms with van der Waals surface area (Å²) in [5.74, 6) is 0.784. The Labute approximate surface area is 274 Å². The lowest BCUT2D eigenvalue weighted by molar-refractivity contribution is -0.268. The lowest BCUT2D eigenvalue weighted by Crippen LogP contribution is -2.38. The van der Waals surface area contributed by atoms with Gasteiger partial charge in [-0.1, -0.05) is 104 Å². The first-order chi connectivity index (χ1) is 22.4. The van der Waals surface area contributed by atoms with Crippen molar-refractivity contribution >= 4 is 21.8 Å². The van der Waals surface area contributed by atoms with E-state index in [1.807, 2.05) is 91.0 Å². The fraction of sp³-hybridized carbons (Fsp3) is 0.216. The van der Waals surface area contributed by atoms with E-state index in [0.29, 0.717) is 5.75 Å². The minimum absolute atomic E-state index is 0.00911. The number of hydrogen-bond donors (Lipinski definition) is 2. The number of aliphatic hydroxyl groups excluding tert-OH is 1. The van der Waals surface area contributed by atoms with Crippen molar-refractivity contribution in [2.24, 2.45) is 5.92 Å². The van der Waals surface area contributed by atoms with E-state index in [4.69, 9.17) is 9.47 Å². The lowest BCUT2D eigenvalue weighted by Gasteiger charge is -2.41. The van der Waals surface area contributed by atoms with Crippen LogP contribution >= 0.6 is 11.8 Å². The Morgan fingerprint density at radius 3 is 2.22 bits per heavy atom. The Balaban J connectivity index is 1.22. The largest absolute Gasteiger partial charge is 0.392 e. The zero-order chi connectivity index (χ0) is 31.9. The molecule has 1 aliphatic heterocycles. The molecule has 0 aliphatic carbocycles. The van der Waals surface area contributed by atoms with Crippen molar-refractivity contribution in [2.75, 3.05) is 5.75 Å². The van der Waals surface area contributed by atoms with Crippen LogP contribution in [0.5, 0.6) is 0 Å². The fourth-order valence-corrected chi connectivity index (χ4v) is 7.60. The summed E-state index contributed by atoms with van der Waals surface area (Å²) in [6.45, 7) is 2.30. The molecule has 6 rings (SSSR count). The van der Waals surface area contributed by atoms with Gasteiger partial charge < -0.3 is 14.6 Å². The molecule has 46 heavy (non-hydrogen) atoms. The Morgan fingerprint density at radius 1 is 0.804 bits per heavy atom. The average molecular weight is 653 g/mol. The van der Waals surface area contributed by atoms with Gasteiger partial charge >= 0.3 is 0 Å². The van der Waals surface area contributed by atoms with Gasteiger partial charge in [0, 0.05) is 30.0 Å². The Bertz CT molecular complexity index is 1820. The lowest BCUT2D eigenvalue weighted by atomic mass is 9.91. The summed E-state index contributed by atoms with van der Waals surface area (Å²) in [6.07, 6.45) is 0.892. The molecule has 0 saturated carbocycles. The third-order valence-corrected chi connectivity index (χ3v) is 10.6. The number of rotatable bonds is 11. The molecule has 4 aromatic carbocycles. The fourth-order valence-electron chi connectivity index (χ4n) is 5.54. The topological polar surface area (TPSA) is 97.8 Å². The van der Waals surface area contributed by atoms with Gasteiger partial charge in [0.1, 0.15) is 0 Å². The van der Waals surface area contributed by atoms with Gasteiger partial charge in [-0.3, -0.25) is 0 Å². The molecule has 0 radical (unpaired) electrons. The Morgan fingerprint density at radius 2 is 1.50 bits per heavy atom. The normalized spacial score (nSPS) is 20.0. The van der Waals surface area contributed by atoms with Gasteiger partial charge in [0.2, 0.25) is 10.0 Å². The van der Waals surface area contributed by atoms with Gasteiger partial charge in [-0.15, -0.1) is 11.8 Å². The van der Waals surface area contributed by atoms with Crippen molar-refractivity contribution in [1.29, 1.82) is 0 Å². The number of ether oxygens (including phenoxy) is 2. The van der Waals surface area contributed by atoms with Crippen LogP contribution < -0.4 is 4.72 Å². The number of thioether (sulfide) groups is 1. The van der Waals surface area contributed by atoms with Crippen LogP contribution in [-0.2, 0) is 32.6 Å². The molecule has 1 fully saturated rings. The highest BCUT2D eigenvalue weighted by atomic mass is 32.2. The number of aliphatic hydroxyl groups is 1. The van der Waals surface area contributed by atoms with Crippen LogP contribution in [0, 0.1) is 5.92 Å². The number of aromatic nitrogens is 1. The molecule has 2 heterocycles. The van der Waals surface area contributed by atoms with Crippen LogP contribution in [0.1, 0.15) is 41.6 Å². The van der Waals surface area contributed by atoms with Crippen molar-refractivity contribution in [3.05, 3.63) is 150 Å². The predicted octanol–water partition coefficient (Wildman–Crippen LogP) is 7.30. The molecule has 0 amide bonds. The predicted molar refractivity (Wildman–Crippen MR) is 180 cm³/mol. The van der Waals surface area contributed by atoms with Crippen LogP contribution in [0.4, 0.5) is 0 Å². The molecule has 4 unspecified atom stereocenters. The Hall–Kier alpha value is -3.83. The summed E-state index contributed by atoms with van der Waals surface area (Å²) in [5.41, 5.74) is 5.55. The maximum Gasteiger partial charge on any atom is 0.240 e. The van der Waals surface area contributed by atoms with Crippen molar-refractivity contribution in [3.63, 3.8) is 0 Å². The first-order valence-corrected chi connectivity index (χ1v) is 17.7. The van der Waals surface area contributed by atoms with Crippen molar-refractivity contribution in [1.82, 2.24) is 9.71 Å². The highest BCUT2D eigenvalue weighted by molar-refractivity contribution is 7.99. The Kier molecular flexibility index (Phi) is 10.3. The third kappa shape index (κ3) is 7.58. The molecule has 1 aliphatic rings. The molecular formula is C37H36N2O5S2. The van der Waals surface area contributed by atoms with Gasteiger partial charge in [0.25, 0.3) is 0 Å². The van der Waals surface area contributed by atoms with E-state index >= 15 is 0 Å². The summed E-state index contributed by atoms with van der Waals surface area (Å²) in [5, 5.41) is 10.5. The van der Waals surface area contributed by atoms with Crippen LogP contribution in [0.25, 0.3) is 11.1 Å². The number of nitrogens with zero attached hydrogens (tertiary/aromatic N) is 1. The minimum Gasteiger partial charge on any atom is -0.392 e. The molecule has 9 heteroatoms. The number of benzene rings is 4. The van der Waals surface area contributed by atoms with E-state index in [2.05, 4.69) is 16.6 Å². The van der Waals surface area contributed by atoms with Crippen LogP contribution in [0.2, 0.25) is 0 Å². The number of sulfonamides is 1. The molecule has 0 spiro atoms. The summed E-state index contributed by atoms with van der Waals surface area (Å²) >= 11 is 1.66.